The number of carboxylic acids is 1. The number of aromatic amines is 2. The van der Waals surface area contributed by atoms with E-state index in [1.165, 1.54) is 12.5 Å². The number of thiol groups is 1. The van der Waals surface area contributed by atoms with Crippen molar-refractivity contribution in [1.29, 1.82) is 0 Å². The molecule has 0 radical (unpaired) electrons. The zero-order valence-electron chi connectivity index (χ0n) is 21.1. The standard InChI is InChI=1S/C25H33N7O5S/c1-13(2)21(25(36)37)32-24(35)20(8-15-10-27-12-29-15)31-23(34)19(30-22(33)17(26)11-38)7-14-9-28-18-6-4-3-5-16(14)18/h3-6,9-10,12-13,17,19-21,28,38H,7-8,11,26H2,1-2H3,(H,27,29)(H,30,33)(H,31,34)(H,32,35)(H,36,37). The molecule has 12 nitrogen and oxygen atoms in total. The van der Waals surface area contributed by atoms with Gasteiger partial charge in [-0.3, -0.25) is 14.4 Å². The van der Waals surface area contributed by atoms with E-state index in [0.29, 0.717) is 5.69 Å². The van der Waals surface area contributed by atoms with Crippen molar-refractivity contribution in [2.24, 2.45) is 11.7 Å². The number of fused-ring (bicyclic) bond motifs is 1. The topological polar surface area (TPSA) is 195 Å². The van der Waals surface area contributed by atoms with Crippen molar-refractivity contribution in [2.75, 3.05) is 5.75 Å². The highest BCUT2D eigenvalue weighted by molar-refractivity contribution is 7.80. The van der Waals surface area contributed by atoms with Gasteiger partial charge >= 0.3 is 5.97 Å². The van der Waals surface area contributed by atoms with Gasteiger partial charge < -0.3 is 36.8 Å². The molecule has 38 heavy (non-hydrogen) atoms. The molecule has 0 saturated carbocycles. The normalized spacial score (nSPS) is 14.4. The summed E-state index contributed by atoms with van der Waals surface area (Å²) in [6.07, 6.45) is 4.82. The fraction of sp³-hybridized carbons (Fsp3) is 0.400. The number of para-hydroxylation sites is 1. The molecule has 0 bridgehead atoms. The minimum Gasteiger partial charge on any atom is -0.480 e. The molecule has 3 rings (SSSR count). The van der Waals surface area contributed by atoms with Crippen molar-refractivity contribution in [3.05, 3.63) is 54.2 Å². The number of hydrogen-bond acceptors (Lipinski definition) is 7. The van der Waals surface area contributed by atoms with Crippen molar-refractivity contribution in [1.82, 2.24) is 30.9 Å². The second kappa shape index (κ2) is 13.1. The van der Waals surface area contributed by atoms with Crippen LogP contribution in [0.2, 0.25) is 0 Å². The first-order chi connectivity index (χ1) is 18.1. The van der Waals surface area contributed by atoms with Gasteiger partial charge in [0, 0.05) is 47.6 Å². The molecule has 8 N–H and O–H groups in total. The minimum atomic E-state index is -1.19. The molecule has 4 atom stereocenters. The van der Waals surface area contributed by atoms with Crippen LogP contribution in [0.1, 0.15) is 25.1 Å². The van der Waals surface area contributed by atoms with Crippen LogP contribution < -0.4 is 21.7 Å². The van der Waals surface area contributed by atoms with E-state index < -0.39 is 53.8 Å². The van der Waals surface area contributed by atoms with Gasteiger partial charge in [0.05, 0.1) is 12.4 Å². The van der Waals surface area contributed by atoms with Crippen LogP contribution in [0.25, 0.3) is 10.9 Å². The molecule has 3 aromatic rings. The maximum atomic E-state index is 13.5. The molecule has 2 aromatic heterocycles. The Morgan fingerprint density at radius 2 is 1.66 bits per heavy atom. The Balaban J connectivity index is 1.87. The van der Waals surface area contributed by atoms with Crippen LogP contribution in [0, 0.1) is 5.92 Å². The van der Waals surface area contributed by atoms with Gasteiger partial charge in [0.1, 0.15) is 18.1 Å². The summed E-state index contributed by atoms with van der Waals surface area (Å²) in [5.74, 6) is -3.39. The van der Waals surface area contributed by atoms with Gasteiger partial charge in [-0.2, -0.15) is 12.6 Å². The van der Waals surface area contributed by atoms with Gasteiger partial charge in [-0.25, -0.2) is 9.78 Å². The van der Waals surface area contributed by atoms with Crippen LogP contribution in [0.15, 0.2) is 43.0 Å². The molecular formula is C25H33N7O5S. The molecule has 0 aliphatic rings. The number of imidazole rings is 1. The van der Waals surface area contributed by atoms with Crippen LogP contribution in [-0.2, 0) is 32.0 Å². The Morgan fingerprint density at radius 3 is 2.29 bits per heavy atom. The number of hydrogen-bond donors (Lipinski definition) is 8. The lowest BCUT2D eigenvalue weighted by atomic mass is 10.0. The molecule has 13 heteroatoms. The van der Waals surface area contributed by atoms with E-state index >= 15 is 0 Å². The zero-order chi connectivity index (χ0) is 27.8. The summed E-state index contributed by atoms with van der Waals surface area (Å²) in [5.41, 5.74) is 8.02. The smallest absolute Gasteiger partial charge is 0.326 e. The Bertz CT molecular complexity index is 1260. The number of carboxylic acid groups (broad SMARTS) is 1. The van der Waals surface area contributed by atoms with Crippen molar-refractivity contribution in [3.63, 3.8) is 0 Å². The highest BCUT2D eigenvalue weighted by atomic mass is 32.1. The van der Waals surface area contributed by atoms with Gasteiger partial charge in [0.2, 0.25) is 17.7 Å². The average molecular weight is 544 g/mol. The molecule has 0 aliphatic carbocycles. The van der Waals surface area contributed by atoms with Gasteiger partial charge in [0.15, 0.2) is 0 Å². The van der Waals surface area contributed by atoms with Crippen LogP contribution in [0.4, 0.5) is 0 Å². The number of aliphatic carboxylic acids is 1. The van der Waals surface area contributed by atoms with Gasteiger partial charge in [-0.15, -0.1) is 0 Å². The number of nitrogens with zero attached hydrogens (tertiary/aromatic N) is 1. The average Bonchev–Trinajstić information content (AvgIpc) is 3.55. The number of aromatic nitrogens is 3. The van der Waals surface area contributed by atoms with Gasteiger partial charge in [-0.1, -0.05) is 32.0 Å². The Labute approximate surface area is 225 Å². The van der Waals surface area contributed by atoms with E-state index in [9.17, 15) is 24.3 Å². The number of carbonyl (C=O) groups excluding carboxylic acids is 3. The van der Waals surface area contributed by atoms with E-state index in [4.69, 9.17) is 5.73 Å². The van der Waals surface area contributed by atoms with E-state index in [-0.39, 0.29) is 18.6 Å². The predicted molar refractivity (Wildman–Crippen MR) is 144 cm³/mol. The molecule has 0 saturated heterocycles. The molecular weight excluding hydrogens is 510 g/mol. The van der Waals surface area contributed by atoms with Gasteiger partial charge in [-0.05, 0) is 17.5 Å². The number of benzene rings is 1. The zero-order valence-corrected chi connectivity index (χ0v) is 22.0. The lowest BCUT2D eigenvalue weighted by Crippen LogP contribution is -2.58. The molecule has 4 unspecified atom stereocenters. The fourth-order valence-electron chi connectivity index (χ4n) is 3.96. The van der Waals surface area contributed by atoms with Crippen LogP contribution in [-0.4, -0.2) is 73.7 Å². The highest BCUT2D eigenvalue weighted by Gasteiger charge is 2.32. The SMILES string of the molecule is CC(C)C(NC(=O)C(Cc1cnc[nH]1)NC(=O)C(Cc1c[nH]c2ccccc12)NC(=O)C(N)CS)C(=O)O. The summed E-state index contributed by atoms with van der Waals surface area (Å²) in [7, 11) is 0. The van der Waals surface area contributed by atoms with Gasteiger partial charge in [0.25, 0.3) is 0 Å². The fourth-order valence-corrected chi connectivity index (χ4v) is 4.12. The number of rotatable bonds is 13. The lowest BCUT2D eigenvalue weighted by Gasteiger charge is -2.26. The quantitative estimate of drug-likeness (QED) is 0.140. The second-order valence-corrected chi connectivity index (χ2v) is 9.69. The first-order valence-corrected chi connectivity index (χ1v) is 12.8. The summed E-state index contributed by atoms with van der Waals surface area (Å²) < 4.78 is 0. The maximum Gasteiger partial charge on any atom is 0.326 e. The van der Waals surface area contributed by atoms with E-state index in [0.717, 1.165) is 16.5 Å². The molecule has 0 aliphatic heterocycles. The number of amides is 3. The number of H-pyrrole nitrogens is 2. The molecule has 2 heterocycles. The molecule has 0 spiro atoms. The minimum absolute atomic E-state index is 0.0198. The summed E-state index contributed by atoms with van der Waals surface area (Å²) in [4.78, 5) is 60.9. The summed E-state index contributed by atoms with van der Waals surface area (Å²) in [6, 6.07) is 3.20. The third kappa shape index (κ3) is 7.35. The molecule has 3 amide bonds. The first-order valence-electron chi connectivity index (χ1n) is 12.1. The molecule has 0 fully saturated rings. The Morgan fingerprint density at radius 1 is 1.00 bits per heavy atom. The maximum absolute atomic E-state index is 13.5. The predicted octanol–water partition coefficient (Wildman–Crippen LogP) is 0.128. The molecule has 204 valence electrons. The molecule has 1 aromatic carbocycles. The first kappa shape index (κ1) is 28.7. The second-order valence-electron chi connectivity index (χ2n) is 9.32. The van der Waals surface area contributed by atoms with E-state index in [2.05, 4.69) is 43.5 Å². The Hall–Kier alpha value is -3.84. The Kier molecular flexibility index (Phi) is 9.91. The van der Waals surface area contributed by atoms with E-state index in [1.54, 1.807) is 20.0 Å². The number of carbonyl (C=O) groups is 4. The number of nitrogens with two attached hydrogens (primary N) is 1. The third-order valence-corrected chi connectivity index (χ3v) is 6.50. The third-order valence-electron chi connectivity index (χ3n) is 6.11. The lowest BCUT2D eigenvalue weighted by molar-refractivity contribution is -0.143. The van der Waals surface area contributed by atoms with Crippen molar-refractivity contribution in [3.8, 4) is 0 Å². The summed E-state index contributed by atoms with van der Waals surface area (Å²) in [5, 5.41) is 18.3. The summed E-state index contributed by atoms with van der Waals surface area (Å²) in [6.45, 7) is 3.33. The monoisotopic (exact) mass is 543 g/mol. The van der Waals surface area contributed by atoms with Crippen molar-refractivity contribution >= 4 is 47.2 Å². The van der Waals surface area contributed by atoms with Crippen LogP contribution in [0.5, 0.6) is 0 Å². The highest BCUT2D eigenvalue weighted by Crippen LogP contribution is 2.19. The van der Waals surface area contributed by atoms with Crippen molar-refractivity contribution in [2.45, 2.75) is 50.9 Å². The van der Waals surface area contributed by atoms with Crippen molar-refractivity contribution < 1.29 is 24.3 Å². The van der Waals surface area contributed by atoms with E-state index in [1.807, 2.05) is 24.3 Å². The number of nitrogens with one attached hydrogen (secondary N) is 5. The summed E-state index contributed by atoms with van der Waals surface area (Å²) >= 11 is 4.06. The van der Waals surface area contributed by atoms with Crippen LogP contribution in [0.3, 0.4) is 0 Å². The van der Waals surface area contributed by atoms with Crippen LogP contribution >= 0.6 is 12.6 Å². The largest absolute Gasteiger partial charge is 0.480 e.